The van der Waals surface area contributed by atoms with Crippen LogP contribution in [0.15, 0.2) is 46.5 Å². The molecule has 1 fully saturated rings. The molecule has 2 aromatic carbocycles. The van der Waals surface area contributed by atoms with Gasteiger partial charge in [-0.05, 0) is 28.5 Å². The molecule has 2 atom stereocenters. The lowest BCUT2D eigenvalue weighted by Crippen LogP contribution is -2.32. The minimum absolute atomic E-state index is 0.00882. The molecule has 34 heavy (non-hydrogen) atoms. The molecule has 3 rings (SSSR count). The Balaban J connectivity index is 1.97. The van der Waals surface area contributed by atoms with Crippen LogP contribution >= 0.6 is 16.1 Å². The summed E-state index contributed by atoms with van der Waals surface area (Å²) in [6.45, 7) is 13.8. The first-order chi connectivity index (χ1) is 15.9. The zero-order valence-corrected chi connectivity index (χ0v) is 22.9. The van der Waals surface area contributed by atoms with Crippen LogP contribution in [0.2, 0.25) is 0 Å². The highest BCUT2D eigenvalue weighted by atomic mass is 79.9. The summed E-state index contributed by atoms with van der Waals surface area (Å²) in [6, 6.07) is 14.0. The number of carbonyl (C=O) groups excluding carboxylic acids is 1. The predicted octanol–water partition coefficient (Wildman–Crippen LogP) is 6.24. The standard InChI is InChI=1S/C28H37BrN2O3/c1-27(2,3)21-13-19(14-22(25(21)33)28(4,5)6)23(32)16-31-15-20(17-34-7)24(26(31)30-29)18-11-9-8-10-12-18/h8-14,20,24,33H,15-17H2,1-7H3/t20-,24-/m1/s1. The molecule has 1 N–H and O–H groups in total. The van der Waals surface area contributed by atoms with E-state index in [4.69, 9.17) is 4.74 Å². The summed E-state index contributed by atoms with van der Waals surface area (Å²) in [4.78, 5) is 15.7. The zero-order chi connectivity index (χ0) is 25.3. The molecule has 1 aliphatic heterocycles. The Hall–Kier alpha value is -2.18. The molecule has 0 radical (unpaired) electrons. The summed E-state index contributed by atoms with van der Waals surface area (Å²) in [7, 11) is 1.71. The van der Waals surface area contributed by atoms with Crippen molar-refractivity contribution in [1.82, 2.24) is 4.90 Å². The number of methoxy groups -OCH3 is 1. The van der Waals surface area contributed by atoms with Gasteiger partial charge in [-0.1, -0.05) is 71.9 Å². The molecular formula is C28H37BrN2O3. The van der Waals surface area contributed by atoms with Gasteiger partial charge in [0, 0.05) is 42.2 Å². The van der Waals surface area contributed by atoms with Crippen LogP contribution in [-0.2, 0) is 15.6 Å². The number of phenols is 1. The second kappa shape index (κ2) is 10.2. The molecule has 0 unspecified atom stereocenters. The van der Waals surface area contributed by atoms with Crippen molar-refractivity contribution in [3.8, 4) is 5.75 Å². The fourth-order valence-electron chi connectivity index (χ4n) is 4.79. The highest BCUT2D eigenvalue weighted by Crippen LogP contribution is 2.40. The SMILES string of the molecule is COC[C@H]1CN(CC(=O)c2cc(C(C)(C)C)c(O)c(C(C)(C)C)c2)C(=NBr)[C@@H]1c1ccccc1. The second-order valence-electron chi connectivity index (χ2n) is 11.3. The average molecular weight is 530 g/mol. The lowest BCUT2D eigenvalue weighted by atomic mass is 9.78. The van der Waals surface area contributed by atoms with Crippen LogP contribution < -0.4 is 0 Å². The van der Waals surface area contributed by atoms with Crippen molar-refractivity contribution in [3.63, 3.8) is 0 Å². The Morgan fingerprint density at radius 3 is 2.12 bits per heavy atom. The third-order valence-electron chi connectivity index (χ3n) is 6.54. The monoisotopic (exact) mass is 528 g/mol. The first-order valence-corrected chi connectivity index (χ1v) is 12.5. The number of hydrogen-bond donors (Lipinski definition) is 1. The number of Topliss-reactive ketones (excluding diaryl/α,β-unsaturated/α-hetero) is 1. The van der Waals surface area contributed by atoms with Gasteiger partial charge in [0.2, 0.25) is 0 Å². The first-order valence-electron chi connectivity index (χ1n) is 11.8. The fraction of sp³-hybridized carbons (Fsp3) is 0.500. The van der Waals surface area contributed by atoms with E-state index in [0.29, 0.717) is 18.7 Å². The molecule has 2 aromatic rings. The minimum atomic E-state index is -0.293. The summed E-state index contributed by atoms with van der Waals surface area (Å²) < 4.78 is 9.96. The van der Waals surface area contributed by atoms with Gasteiger partial charge in [-0.25, -0.2) is 0 Å². The molecule has 1 saturated heterocycles. The molecule has 1 heterocycles. The van der Waals surface area contributed by atoms with Gasteiger partial charge in [0.15, 0.2) is 5.78 Å². The highest BCUT2D eigenvalue weighted by molar-refractivity contribution is 9.08. The molecule has 6 heteroatoms. The number of likely N-dealkylation sites (tertiary alicyclic amines) is 1. The van der Waals surface area contributed by atoms with Crippen molar-refractivity contribution in [1.29, 1.82) is 0 Å². The molecule has 0 aromatic heterocycles. The molecule has 0 saturated carbocycles. The molecule has 0 bridgehead atoms. The Labute approximate surface area is 212 Å². The maximum atomic E-state index is 13.6. The number of nitrogens with zero attached hydrogens (tertiary/aromatic N) is 2. The maximum Gasteiger partial charge on any atom is 0.182 e. The maximum absolute atomic E-state index is 13.6. The predicted molar refractivity (Wildman–Crippen MR) is 142 cm³/mol. The van der Waals surface area contributed by atoms with Gasteiger partial charge in [0.05, 0.1) is 29.3 Å². The van der Waals surface area contributed by atoms with Crippen molar-refractivity contribution in [3.05, 3.63) is 64.7 Å². The van der Waals surface area contributed by atoms with Gasteiger partial charge in [-0.2, -0.15) is 4.02 Å². The molecule has 5 nitrogen and oxygen atoms in total. The van der Waals surface area contributed by atoms with Crippen molar-refractivity contribution >= 4 is 27.8 Å². The number of ketones is 1. The van der Waals surface area contributed by atoms with Crippen molar-refractivity contribution in [2.45, 2.75) is 58.3 Å². The van der Waals surface area contributed by atoms with Crippen LogP contribution in [0.4, 0.5) is 0 Å². The molecular weight excluding hydrogens is 492 g/mol. The van der Waals surface area contributed by atoms with Crippen LogP contribution in [0.5, 0.6) is 5.75 Å². The van der Waals surface area contributed by atoms with E-state index in [1.165, 1.54) is 0 Å². The molecule has 1 aliphatic rings. The lowest BCUT2D eigenvalue weighted by Gasteiger charge is -2.28. The number of carbonyl (C=O) groups is 1. The van der Waals surface area contributed by atoms with E-state index >= 15 is 0 Å². The highest BCUT2D eigenvalue weighted by Gasteiger charge is 2.40. The molecule has 0 spiro atoms. The summed E-state index contributed by atoms with van der Waals surface area (Å²) in [5, 5.41) is 11.0. The molecule has 0 amide bonds. The summed E-state index contributed by atoms with van der Waals surface area (Å²) in [6.07, 6.45) is 0. The smallest absolute Gasteiger partial charge is 0.182 e. The number of halogens is 1. The lowest BCUT2D eigenvalue weighted by molar-refractivity contribution is 0.0955. The van der Waals surface area contributed by atoms with E-state index in [2.05, 4.69) is 78.7 Å². The van der Waals surface area contributed by atoms with Crippen LogP contribution in [0.25, 0.3) is 0 Å². The number of ether oxygens (including phenoxy) is 1. The van der Waals surface area contributed by atoms with E-state index in [-0.39, 0.29) is 40.7 Å². The van der Waals surface area contributed by atoms with Gasteiger partial charge in [0.1, 0.15) is 11.6 Å². The normalized spacial score (nSPS) is 20.2. The van der Waals surface area contributed by atoms with Crippen molar-refractivity contribution in [2.24, 2.45) is 9.94 Å². The third kappa shape index (κ3) is 5.55. The van der Waals surface area contributed by atoms with E-state index < -0.39 is 0 Å². The van der Waals surface area contributed by atoms with E-state index in [0.717, 1.165) is 22.5 Å². The van der Waals surface area contributed by atoms with Crippen LogP contribution in [0, 0.1) is 5.92 Å². The Bertz CT molecular complexity index is 1020. The first kappa shape index (κ1) is 26.4. The Morgan fingerprint density at radius 2 is 1.65 bits per heavy atom. The van der Waals surface area contributed by atoms with Crippen LogP contribution in [0.3, 0.4) is 0 Å². The van der Waals surface area contributed by atoms with Gasteiger partial charge in [-0.15, -0.1) is 0 Å². The van der Waals surface area contributed by atoms with Gasteiger partial charge in [-0.3, -0.25) is 4.79 Å². The quantitative estimate of drug-likeness (QED) is 0.450. The Morgan fingerprint density at radius 1 is 1.09 bits per heavy atom. The topological polar surface area (TPSA) is 62.1 Å². The largest absolute Gasteiger partial charge is 0.507 e. The summed E-state index contributed by atoms with van der Waals surface area (Å²) in [5.74, 6) is 1.36. The van der Waals surface area contributed by atoms with Crippen LogP contribution in [0.1, 0.15) is 74.5 Å². The summed E-state index contributed by atoms with van der Waals surface area (Å²) >= 11 is 3.33. The Kier molecular flexibility index (Phi) is 7.93. The number of phenolic OH excluding ortho intramolecular Hbond substituents is 1. The van der Waals surface area contributed by atoms with Crippen LogP contribution in [-0.4, -0.2) is 48.4 Å². The van der Waals surface area contributed by atoms with Gasteiger partial charge >= 0.3 is 0 Å². The third-order valence-corrected chi connectivity index (χ3v) is 6.90. The number of aromatic hydroxyl groups is 1. The number of amidine groups is 1. The number of rotatable bonds is 6. The number of benzene rings is 2. The van der Waals surface area contributed by atoms with Crippen molar-refractivity contribution < 1.29 is 14.6 Å². The average Bonchev–Trinajstić information content (AvgIpc) is 3.09. The summed E-state index contributed by atoms with van der Waals surface area (Å²) in [5.41, 5.74) is 2.77. The van der Waals surface area contributed by atoms with E-state index in [9.17, 15) is 9.90 Å². The molecule has 184 valence electrons. The van der Waals surface area contributed by atoms with Gasteiger partial charge < -0.3 is 14.7 Å². The fourth-order valence-corrected chi connectivity index (χ4v) is 5.23. The zero-order valence-electron chi connectivity index (χ0n) is 21.4. The van der Waals surface area contributed by atoms with Gasteiger partial charge in [0.25, 0.3) is 0 Å². The van der Waals surface area contributed by atoms with E-state index in [1.807, 2.05) is 30.3 Å². The van der Waals surface area contributed by atoms with E-state index in [1.54, 1.807) is 7.11 Å². The number of hydrogen-bond acceptors (Lipinski definition) is 4. The second-order valence-corrected chi connectivity index (χ2v) is 11.6. The molecule has 0 aliphatic carbocycles. The van der Waals surface area contributed by atoms with Crippen molar-refractivity contribution in [2.75, 3.05) is 26.8 Å². The minimum Gasteiger partial charge on any atom is -0.507 e.